The number of hydrogen-bond donors (Lipinski definition) is 1. The minimum atomic E-state index is -0.331. The molecule has 0 aliphatic rings. The number of carbonyl (C=O) groups excluding carboxylic acids is 1. The van der Waals surface area contributed by atoms with Crippen molar-refractivity contribution in [3.63, 3.8) is 0 Å². The van der Waals surface area contributed by atoms with Crippen molar-refractivity contribution < 1.29 is 9.53 Å². The van der Waals surface area contributed by atoms with Gasteiger partial charge in [0.15, 0.2) is 6.61 Å². The summed E-state index contributed by atoms with van der Waals surface area (Å²) in [5.41, 5.74) is 5.32. The monoisotopic (exact) mass is 316 g/mol. The summed E-state index contributed by atoms with van der Waals surface area (Å²) in [5, 5.41) is 4.44. The van der Waals surface area contributed by atoms with Crippen LogP contribution in [0.5, 0.6) is 5.75 Å². The van der Waals surface area contributed by atoms with Gasteiger partial charge in [-0.2, -0.15) is 5.10 Å². The van der Waals surface area contributed by atoms with Crippen molar-refractivity contribution in [2.45, 2.75) is 13.8 Å². The number of nitrogens with zero attached hydrogens (tertiary/aromatic N) is 1. The Labute approximate surface area is 134 Å². The molecule has 0 atom stereocenters. The van der Waals surface area contributed by atoms with E-state index in [1.807, 2.05) is 50.2 Å². The Hall–Kier alpha value is -2.33. The number of nitrogens with one attached hydrogen (secondary N) is 1. The summed E-state index contributed by atoms with van der Waals surface area (Å²) in [6.07, 6.45) is 1.50. The predicted molar refractivity (Wildman–Crippen MR) is 88.6 cm³/mol. The minimum absolute atomic E-state index is 0.0945. The summed E-state index contributed by atoms with van der Waals surface area (Å²) < 4.78 is 5.44. The Morgan fingerprint density at radius 1 is 1.23 bits per heavy atom. The normalized spacial score (nSPS) is 10.7. The molecule has 1 N–H and O–H groups in total. The lowest BCUT2D eigenvalue weighted by molar-refractivity contribution is -0.123. The second-order valence-corrected chi connectivity index (χ2v) is 5.33. The van der Waals surface area contributed by atoms with Crippen molar-refractivity contribution in [3.05, 3.63) is 64.2 Å². The molecule has 1 amide bonds. The smallest absolute Gasteiger partial charge is 0.277 e. The molecule has 22 heavy (non-hydrogen) atoms. The minimum Gasteiger partial charge on any atom is -0.484 e. The number of rotatable bonds is 5. The summed E-state index contributed by atoms with van der Waals surface area (Å²) in [6.45, 7) is 3.87. The molecule has 2 aromatic carbocycles. The highest BCUT2D eigenvalue weighted by molar-refractivity contribution is 6.33. The zero-order valence-corrected chi connectivity index (χ0v) is 13.2. The highest BCUT2D eigenvalue weighted by Gasteiger charge is 2.02. The third kappa shape index (κ3) is 4.90. The summed E-state index contributed by atoms with van der Waals surface area (Å²) in [4.78, 5) is 11.7. The van der Waals surface area contributed by atoms with Crippen molar-refractivity contribution in [1.29, 1.82) is 0 Å². The number of benzene rings is 2. The van der Waals surface area contributed by atoms with Gasteiger partial charge < -0.3 is 4.74 Å². The summed E-state index contributed by atoms with van der Waals surface area (Å²) >= 11 is 5.98. The fourth-order valence-corrected chi connectivity index (χ4v) is 2.14. The van der Waals surface area contributed by atoms with Crippen molar-refractivity contribution in [3.8, 4) is 5.75 Å². The summed E-state index contributed by atoms with van der Waals surface area (Å²) in [6, 6.07) is 13.0. The van der Waals surface area contributed by atoms with Crippen LogP contribution < -0.4 is 10.2 Å². The van der Waals surface area contributed by atoms with Gasteiger partial charge in [0, 0.05) is 10.6 Å². The molecule has 0 bridgehead atoms. The van der Waals surface area contributed by atoms with Crippen LogP contribution in [-0.2, 0) is 4.79 Å². The third-order valence-corrected chi connectivity index (χ3v) is 3.21. The quantitative estimate of drug-likeness (QED) is 0.678. The topological polar surface area (TPSA) is 50.7 Å². The first kappa shape index (κ1) is 16.0. The number of amides is 1. The largest absolute Gasteiger partial charge is 0.484 e. The van der Waals surface area contributed by atoms with Gasteiger partial charge >= 0.3 is 0 Å². The van der Waals surface area contributed by atoms with Crippen LogP contribution in [0.25, 0.3) is 0 Å². The second kappa shape index (κ2) is 7.61. The first-order chi connectivity index (χ1) is 10.5. The maximum atomic E-state index is 11.7. The molecule has 0 aliphatic heterocycles. The van der Waals surface area contributed by atoms with E-state index in [4.69, 9.17) is 16.3 Å². The lowest BCUT2D eigenvalue weighted by Gasteiger charge is -2.07. The number of hydrogen-bond acceptors (Lipinski definition) is 3. The Bertz CT molecular complexity index is 679. The van der Waals surface area contributed by atoms with Crippen LogP contribution in [0.15, 0.2) is 47.6 Å². The molecule has 0 saturated carbocycles. The van der Waals surface area contributed by atoms with E-state index in [0.29, 0.717) is 10.8 Å². The van der Waals surface area contributed by atoms with E-state index in [9.17, 15) is 4.79 Å². The molecule has 114 valence electrons. The number of hydrazone groups is 1. The van der Waals surface area contributed by atoms with Crippen LogP contribution in [0.1, 0.15) is 16.7 Å². The number of aryl methyl sites for hydroxylation is 2. The molecule has 5 heteroatoms. The lowest BCUT2D eigenvalue weighted by atomic mass is 10.1. The summed E-state index contributed by atoms with van der Waals surface area (Å²) in [5.74, 6) is 0.338. The predicted octanol–water partition coefficient (Wildman–Crippen LogP) is 3.49. The molecule has 0 heterocycles. The first-order valence-corrected chi connectivity index (χ1v) is 7.20. The third-order valence-electron chi connectivity index (χ3n) is 2.86. The molecule has 2 rings (SSSR count). The van der Waals surface area contributed by atoms with Gasteiger partial charge in [0.05, 0.1) is 6.21 Å². The van der Waals surface area contributed by atoms with Crippen LogP contribution in [0, 0.1) is 13.8 Å². The van der Waals surface area contributed by atoms with Crippen molar-refractivity contribution in [2.24, 2.45) is 5.10 Å². The Morgan fingerprint density at radius 2 is 1.91 bits per heavy atom. The average Bonchev–Trinajstić information content (AvgIpc) is 2.46. The highest BCUT2D eigenvalue weighted by Crippen LogP contribution is 2.16. The number of carbonyl (C=O) groups is 1. The molecule has 0 radical (unpaired) electrons. The number of ether oxygens (including phenoxy) is 1. The van der Waals surface area contributed by atoms with Crippen molar-refractivity contribution >= 4 is 23.7 Å². The van der Waals surface area contributed by atoms with Gasteiger partial charge in [-0.3, -0.25) is 4.79 Å². The second-order valence-electron chi connectivity index (χ2n) is 4.93. The van der Waals surface area contributed by atoms with Gasteiger partial charge in [0.1, 0.15) is 5.75 Å². The maximum absolute atomic E-state index is 11.7. The van der Waals surface area contributed by atoms with E-state index in [-0.39, 0.29) is 12.5 Å². The number of halogens is 1. The lowest BCUT2D eigenvalue weighted by Crippen LogP contribution is -2.24. The van der Waals surface area contributed by atoms with E-state index in [1.165, 1.54) is 6.21 Å². The van der Waals surface area contributed by atoms with Gasteiger partial charge in [-0.05, 0) is 43.2 Å². The van der Waals surface area contributed by atoms with E-state index in [2.05, 4.69) is 10.5 Å². The highest BCUT2D eigenvalue weighted by atomic mass is 35.5. The first-order valence-electron chi connectivity index (χ1n) is 6.82. The fraction of sp³-hybridized carbons (Fsp3) is 0.176. The zero-order chi connectivity index (χ0) is 15.9. The van der Waals surface area contributed by atoms with Crippen LogP contribution in [0.2, 0.25) is 5.02 Å². The maximum Gasteiger partial charge on any atom is 0.277 e. The Morgan fingerprint density at radius 3 is 2.59 bits per heavy atom. The van der Waals surface area contributed by atoms with Gasteiger partial charge in [0.2, 0.25) is 0 Å². The summed E-state index contributed by atoms with van der Waals surface area (Å²) in [7, 11) is 0. The molecule has 0 aliphatic carbocycles. The van der Waals surface area contributed by atoms with Crippen molar-refractivity contribution in [1.82, 2.24) is 5.43 Å². The van der Waals surface area contributed by atoms with E-state index in [0.717, 1.165) is 16.7 Å². The molecule has 2 aromatic rings. The molecule has 0 unspecified atom stereocenters. The molecule has 4 nitrogen and oxygen atoms in total. The average molecular weight is 317 g/mol. The fourth-order valence-electron chi connectivity index (χ4n) is 1.95. The van der Waals surface area contributed by atoms with E-state index in [1.54, 1.807) is 6.07 Å². The molecular weight excluding hydrogens is 300 g/mol. The molecule has 0 aromatic heterocycles. The van der Waals surface area contributed by atoms with E-state index < -0.39 is 0 Å². The van der Waals surface area contributed by atoms with Gasteiger partial charge in [-0.25, -0.2) is 5.43 Å². The Balaban J connectivity index is 1.84. The van der Waals surface area contributed by atoms with Crippen LogP contribution in [0.4, 0.5) is 0 Å². The van der Waals surface area contributed by atoms with Crippen LogP contribution in [0.3, 0.4) is 0 Å². The molecular formula is C17H17ClN2O2. The SMILES string of the molecule is Cc1cc(C)cc(OCC(=O)N/N=C/c2ccccc2Cl)c1. The van der Waals surface area contributed by atoms with Crippen LogP contribution in [-0.4, -0.2) is 18.7 Å². The zero-order valence-electron chi connectivity index (χ0n) is 12.5. The molecule has 0 spiro atoms. The van der Waals surface area contributed by atoms with Gasteiger partial charge in [-0.1, -0.05) is 35.9 Å². The van der Waals surface area contributed by atoms with Crippen molar-refractivity contribution in [2.75, 3.05) is 6.61 Å². The Kier molecular flexibility index (Phi) is 5.55. The van der Waals surface area contributed by atoms with E-state index >= 15 is 0 Å². The van der Waals surface area contributed by atoms with Crippen LogP contribution >= 0.6 is 11.6 Å². The van der Waals surface area contributed by atoms with Gasteiger partial charge in [-0.15, -0.1) is 0 Å². The standard InChI is InChI=1S/C17H17ClN2O2/c1-12-7-13(2)9-15(8-12)22-11-17(21)20-19-10-14-5-3-4-6-16(14)18/h3-10H,11H2,1-2H3,(H,20,21)/b19-10+. The molecule has 0 saturated heterocycles. The molecule has 0 fully saturated rings. The van der Waals surface area contributed by atoms with Gasteiger partial charge in [0.25, 0.3) is 5.91 Å².